The van der Waals surface area contributed by atoms with Gasteiger partial charge in [-0.05, 0) is 59.1 Å². The summed E-state index contributed by atoms with van der Waals surface area (Å²) in [6, 6.07) is 18.1. The van der Waals surface area contributed by atoms with Crippen molar-refractivity contribution >= 4 is 38.9 Å². The van der Waals surface area contributed by atoms with Gasteiger partial charge in [-0.15, -0.1) is 0 Å². The van der Waals surface area contributed by atoms with Gasteiger partial charge in [0.25, 0.3) is 0 Å². The molecule has 0 saturated carbocycles. The predicted octanol–water partition coefficient (Wildman–Crippen LogP) is 4.67. The molecule has 2 aromatic heterocycles. The first-order valence-electron chi connectivity index (χ1n) is 9.81. The maximum atomic E-state index is 5.27. The van der Waals surface area contributed by atoms with E-state index in [1.54, 1.807) is 7.11 Å². The topological polar surface area (TPSA) is 76.9 Å². The lowest BCUT2D eigenvalue weighted by Gasteiger charge is -2.10. The van der Waals surface area contributed by atoms with Gasteiger partial charge in [-0.1, -0.05) is 30.3 Å². The Balaban J connectivity index is 1.69. The van der Waals surface area contributed by atoms with E-state index in [0.717, 1.165) is 36.6 Å². The molecular formula is C22H23BrN6O. The third kappa shape index (κ3) is 4.23. The average molecular weight is 467 g/mol. The number of rotatable bonds is 8. The third-order valence-corrected chi connectivity index (χ3v) is 5.21. The lowest BCUT2D eigenvalue weighted by Crippen LogP contribution is -2.11. The van der Waals surface area contributed by atoms with Crippen LogP contribution in [0.15, 0.2) is 59.3 Å². The minimum Gasteiger partial charge on any atom is -0.497 e. The van der Waals surface area contributed by atoms with Crippen molar-refractivity contribution in [1.29, 1.82) is 0 Å². The van der Waals surface area contributed by atoms with Crippen LogP contribution in [0.2, 0.25) is 0 Å². The summed E-state index contributed by atoms with van der Waals surface area (Å²) in [6.45, 7) is 3.51. The molecule has 0 aliphatic rings. The molecule has 30 heavy (non-hydrogen) atoms. The second-order valence-electron chi connectivity index (χ2n) is 6.68. The van der Waals surface area contributed by atoms with Gasteiger partial charge < -0.3 is 15.4 Å². The van der Waals surface area contributed by atoms with E-state index < -0.39 is 0 Å². The molecule has 2 aromatic carbocycles. The second kappa shape index (κ2) is 9.13. The lowest BCUT2D eigenvalue weighted by atomic mass is 10.1. The van der Waals surface area contributed by atoms with E-state index in [0.29, 0.717) is 22.0 Å². The molecule has 0 amide bonds. The van der Waals surface area contributed by atoms with Crippen molar-refractivity contribution in [2.75, 3.05) is 30.8 Å². The van der Waals surface area contributed by atoms with E-state index >= 15 is 0 Å². The molecule has 0 spiro atoms. The molecule has 0 aliphatic carbocycles. The zero-order valence-electron chi connectivity index (χ0n) is 16.9. The number of anilines is 2. The molecule has 0 atom stereocenters. The number of halogens is 1. The van der Waals surface area contributed by atoms with E-state index in [-0.39, 0.29) is 0 Å². The lowest BCUT2D eigenvalue weighted by molar-refractivity contribution is 0.415. The Labute approximate surface area is 183 Å². The normalized spacial score (nSPS) is 10.9. The van der Waals surface area contributed by atoms with Crippen LogP contribution in [0.4, 0.5) is 11.8 Å². The number of imidazole rings is 1. The smallest absolute Gasteiger partial charge is 0.226 e. The molecule has 0 radical (unpaired) electrons. The van der Waals surface area contributed by atoms with Gasteiger partial charge in [0.15, 0.2) is 21.7 Å². The maximum Gasteiger partial charge on any atom is 0.226 e. The van der Waals surface area contributed by atoms with E-state index in [9.17, 15) is 0 Å². The van der Waals surface area contributed by atoms with Crippen molar-refractivity contribution in [3.8, 4) is 11.4 Å². The predicted molar refractivity (Wildman–Crippen MR) is 124 cm³/mol. The van der Waals surface area contributed by atoms with Crippen LogP contribution in [0.1, 0.15) is 12.5 Å². The fourth-order valence-electron chi connectivity index (χ4n) is 3.22. The molecular weight excluding hydrogens is 444 g/mol. The average Bonchev–Trinajstić information content (AvgIpc) is 3.11. The molecule has 0 aliphatic heterocycles. The molecule has 0 unspecified atom stereocenters. The van der Waals surface area contributed by atoms with Gasteiger partial charge in [-0.2, -0.15) is 9.97 Å². The molecule has 154 valence electrons. The number of benzene rings is 2. The number of aromatic nitrogens is 4. The summed E-state index contributed by atoms with van der Waals surface area (Å²) in [5, 5.41) is 6.65. The standard InChI is InChI=1S/C22H23BrN6O/c1-3-24-19-18-20(28-22(27-19)25-14-13-15-7-5-4-6-8-15)29(21(23)26-18)16-9-11-17(30-2)12-10-16/h4-12H,3,13-14H2,1-2H3,(H2,24,25,27,28). The molecule has 2 heterocycles. The van der Waals surface area contributed by atoms with Crippen molar-refractivity contribution < 1.29 is 4.74 Å². The Kier molecular flexibility index (Phi) is 6.13. The highest BCUT2D eigenvalue weighted by atomic mass is 79.9. The fourth-order valence-corrected chi connectivity index (χ4v) is 3.77. The van der Waals surface area contributed by atoms with E-state index in [1.165, 1.54) is 5.56 Å². The Hall–Kier alpha value is -3.13. The fraction of sp³-hybridized carbons (Fsp3) is 0.227. The molecule has 4 rings (SSSR count). The third-order valence-electron chi connectivity index (χ3n) is 4.68. The molecule has 2 N–H and O–H groups in total. The minimum atomic E-state index is 0.566. The van der Waals surface area contributed by atoms with Crippen LogP contribution >= 0.6 is 15.9 Å². The summed E-state index contributed by atoms with van der Waals surface area (Å²) in [5.74, 6) is 2.07. The Morgan fingerprint density at radius 3 is 2.43 bits per heavy atom. The van der Waals surface area contributed by atoms with Gasteiger partial charge in [0.1, 0.15) is 5.75 Å². The van der Waals surface area contributed by atoms with E-state index in [4.69, 9.17) is 9.72 Å². The summed E-state index contributed by atoms with van der Waals surface area (Å²) < 4.78 is 7.90. The van der Waals surface area contributed by atoms with Gasteiger partial charge in [0.05, 0.1) is 7.11 Å². The number of methoxy groups -OCH3 is 1. The zero-order valence-corrected chi connectivity index (χ0v) is 18.5. The van der Waals surface area contributed by atoms with Crippen molar-refractivity contribution in [2.45, 2.75) is 13.3 Å². The Morgan fingerprint density at radius 1 is 0.967 bits per heavy atom. The summed E-state index contributed by atoms with van der Waals surface area (Å²) in [4.78, 5) is 14.1. The van der Waals surface area contributed by atoms with Gasteiger partial charge in [-0.3, -0.25) is 4.57 Å². The largest absolute Gasteiger partial charge is 0.497 e. The van der Waals surface area contributed by atoms with Crippen molar-refractivity contribution in [2.24, 2.45) is 0 Å². The molecule has 0 saturated heterocycles. The van der Waals surface area contributed by atoms with Crippen LogP contribution in [0.5, 0.6) is 5.75 Å². The van der Waals surface area contributed by atoms with Crippen LogP contribution in [-0.4, -0.2) is 39.7 Å². The molecule has 7 nitrogen and oxygen atoms in total. The van der Waals surface area contributed by atoms with Crippen molar-refractivity contribution in [3.05, 3.63) is 64.9 Å². The monoisotopic (exact) mass is 466 g/mol. The molecule has 0 bridgehead atoms. The summed E-state index contributed by atoms with van der Waals surface area (Å²) in [5.41, 5.74) is 3.64. The Morgan fingerprint density at radius 2 is 1.73 bits per heavy atom. The number of fused-ring (bicyclic) bond motifs is 1. The highest BCUT2D eigenvalue weighted by Crippen LogP contribution is 2.29. The number of nitrogens with zero attached hydrogens (tertiary/aromatic N) is 4. The van der Waals surface area contributed by atoms with Crippen molar-refractivity contribution in [1.82, 2.24) is 19.5 Å². The molecule has 0 fully saturated rings. The highest BCUT2D eigenvalue weighted by molar-refractivity contribution is 9.10. The number of hydrogen-bond donors (Lipinski definition) is 2. The van der Waals surface area contributed by atoms with Gasteiger partial charge in [-0.25, -0.2) is 4.98 Å². The Bertz CT molecular complexity index is 1130. The van der Waals surface area contributed by atoms with E-state index in [1.807, 2.05) is 54.0 Å². The molecule has 8 heteroatoms. The van der Waals surface area contributed by atoms with Crippen LogP contribution in [0, 0.1) is 0 Å². The van der Waals surface area contributed by atoms with Gasteiger partial charge >= 0.3 is 0 Å². The first kappa shape index (κ1) is 20.2. The van der Waals surface area contributed by atoms with Crippen LogP contribution in [0.3, 0.4) is 0 Å². The summed E-state index contributed by atoms with van der Waals surface area (Å²) in [7, 11) is 1.65. The minimum absolute atomic E-state index is 0.566. The summed E-state index contributed by atoms with van der Waals surface area (Å²) in [6.07, 6.45) is 0.889. The molecule has 4 aromatic rings. The first-order chi connectivity index (χ1) is 14.7. The quantitative estimate of drug-likeness (QED) is 0.367. The second-order valence-corrected chi connectivity index (χ2v) is 7.38. The van der Waals surface area contributed by atoms with E-state index in [2.05, 4.69) is 48.7 Å². The number of hydrogen-bond acceptors (Lipinski definition) is 6. The van der Waals surface area contributed by atoms with Crippen molar-refractivity contribution in [3.63, 3.8) is 0 Å². The SMILES string of the molecule is CCNc1nc(NCCc2ccccc2)nc2c1nc(Br)n2-c1ccc(OC)cc1. The van der Waals surface area contributed by atoms with Crippen LogP contribution < -0.4 is 15.4 Å². The zero-order chi connectivity index (χ0) is 20.9. The van der Waals surface area contributed by atoms with Crippen LogP contribution in [0.25, 0.3) is 16.9 Å². The highest BCUT2D eigenvalue weighted by Gasteiger charge is 2.18. The van der Waals surface area contributed by atoms with Gasteiger partial charge in [0.2, 0.25) is 5.95 Å². The number of nitrogens with one attached hydrogen (secondary N) is 2. The number of ether oxygens (including phenoxy) is 1. The van der Waals surface area contributed by atoms with Gasteiger partial charge in [0, 0.05) is 18.8 Å². The summed E-state index contributed by atoms with van der Waals surface area (Å²) >= 11 is 3.58. The first-order valence-corrected chi connectivity index (χ1v) is 10.6. The maximum absolute atomic E-state index is 5.27. The van der Waals surface area contributed by atoms with Crippen LogP contribution in [-0.2, 0) is 6.42 Å².